The molecule has 1 aromatic carbocycles. The average Bonchev–Trinajstić information content (AvgIpc) is 2.32. The molecule has 0 heterocycles. The lowest BCUT2D eigenvalue weighted by Gasteiger charge is -2.19. The number of aromatic hydroxyl groups is 1. The van der Waals surface area contributed by atoms with Gasteiger partial charge in [0.2, 0.25) is 0 Å². The molecule has 1 rings (SSSR count). The summed E-state index contributed by atoms with van der Waals surface area (Å²) in [7, 11) is 0. The van der Waals surface area contributed by atoms with Crippen molar-refractivity contribution in [2.24, 2.45) is 0 Å². The Morgan fingerprint density at radius 2 is 2.06 bits per heavy atom. The van der Waals surface area contributed by atoms with Gasteiger partial charge in [0.15, 0.2) is 6.61 Å². The number of phenolic OH excluding ortho intramolecular Hbond substituents is 1. The van der Waals surface area contributed by atoms with Crippen LogP contribution in [0.3, 0.4) is 0 Å². The summed E-state index contributed by atoms with van der Waals surface area (Å²) in [4.78, 5) is 13.3. The Balaban J connectivity index is 2.61. The molecule has 0 spiro atoms. The number of amides is 1. The fourth-order valence-electron chi connectivity index (χ4n) is 1.47. The Labute approximate surface area is 101 Å². The summed E-state index contributed by atoms with van der Waals surface area (Å²) in [5.74, 6) is 0.182. The summed E-state index contributed by atoms with van der Waals surface area (Å²) in [5.41, 5.74) is 5.76. The first-order chi connectivity index (χ1) is 8.10. The molecule has 0 bridgehead atoms. The SMILES string of the molecule is CCN(CC)C(=O)COc1cccc(O)c1N. The minimum absolute atomic E-state index is 0.0437. The van der Waals surface area contributed by atoms with Crippen LogP contribution in [0.2, 0.25) is 0 Å². The van der Waals surface area contributed by atoms with Crippen LogP contribution >= 0.6 is 0 Å². The van der Waals surface area contributed by atoms with E-state index < -0.39 is 0 Å². The first-order valence-electron chi connectivity index (χ1n) is 5.58. The monoisotopic (exact) mass is 238 g/mol. The quantitative estimate of drug-likeness (QED) is 0.597. The lowest BCUT2D eigenvalue weighted by Crippen LogP contribution is -2.34. The van der Waals surface area contributed by atoms with Gasteiger partial charge in [-0.25, -0.2) is 0 Å². The largest absolute Gasteiger partial charge is 0.506 e. The molecule has 0 fully saturated rings. The number of nitrogen functional groups attached to an aromatic ring is 1. The summed E-state index contributed by atoms with van der Waals surface area (Å²) in [6.07, 6.45) is 0. The molecule has 0 saturated carbocycles. The molecular formula is C12H18N2O3. The number of nitrogens with zero attached hydrogens (tertiary/aromatic N) is 1. The van der Waals surface area contributed by atoms with Gasteiger partial charge in [0.25, 0.3) is 5.91 Å². The van der Waals surface area contributed by atoms with Gasteiger partial charge < -0.3 is 20.5 Å². The van der Waals surface area contributed by atoms with Gasteiger partial charge in [-0.1, -0.05) is 6.07 Å². The number of ether oxygens (including phenoxy) is 1. The summed E-state index contributed by atoms with van der Waals surface area (Å²) >= 11 is 0. The van der Waals surface area contributed by atoms with Crippen LogP contribution in [0.25, 0.3) is 0 Å². The normalized spacial score (nSPS) is 10.0. The first-order valence-corrected chi connectivity index (χ1v) is 5.58. The van der Waals surface area contributed by atoms with E-state index in [2.05, 4.69) is 0 Å². The molecule has 0 atom stereocenters. The zero-order chi connectivity index (χ0) is 12.8. The van der Waals surface area contributed by atoms with E-state index in [4.69, 9.17) is 10.5 Å². The molecule has 0 aliphatic heterocycles. The van der Waals surface area contributed by atoms with E-state index in [0.717, 1.165) is 0 Å². The fraction of sp³-hybridized carbons (Fsp3) is 0.417. The van der Waals surface area contributed by atoms with Gasteiger partial charge in [0.1, 0.15) is 17.2 Å². The zero-order valence-corrected chi connectivity index (χ0v) is 10.1. The van der Waals surface area contributed by atoms with Gasteiger partial charge in [-0.05, 0) is 26.0 Å². The molecule has 0 aliphatic carbocycles. The Hall–Kier alpha value is -1.91. The van der Waals surface area contributed by atoms with E-state index in [1.165, 1.54) is 6.07 Å². The smallest absolute Gasteiger partial charge is 0.260 e. The number of para-hydroxylation sites is 1. The highest BCUT2D eigenvalue weighted by Crippen LogP contribution is 2.29. The van der Waals surface area contributed by atoms with E-state index >= 15 is 0 Å². The molecule has 3 N–H and O–H groups in total. The van der Waals surface area contributed by atoms with Crippen molar-refractivity contribution in [1.82, 2.24) is 4.90 Å². The number of carbonyl (C=O) groups is 1. The number of anilines is 1. The number of benzene rings is 1. The minimum atomic E-state index is -0.0993. The third-order valence-corrected chi connectivity index (χ3v) is 2.51. The van der Waals surface area contributed by atoms with Crippen molar-refractivity contribution in [2.45, 2.75) is 13.8 Å². The molecular weight excluding hydrogens is 220 g/mol. The number of hydrogen-bond donors (Lipinski definition) is 2. The van der Waals surface area contributed by atoms with Crippen molar-refractivity contribution in [1.29, 1.82) is 0 Å². The van der Waals surface area contributed by atoms with E-state index in [9.17, 15) is 9.90 Å². The third-order valence-electron chi connectivity index (χ3n) is 2.51. The molecule has 5 heteroatoms. The second-order valence-corrected chi connectivity index (χ2v) is 3.54. The molecule has 5 nitrogen and oxygen atoms in total. The van der Waals surface area contributed by atoms with Gasteiger partial charge in [0.05, 0.1) is 0 Å². The highest BCUT2D eigenvalue weighted by atomic mass is 16.5. The van der Waals surface area contributed by atoms with E-state index in [1.807, 2.05) is 13.8 Å². The first kappa shape index (κ1) is 13.2. The Bertz CT molecular complexity index is 389. The summed E-state index contributed by atoms with van der Waals surface area (Å²) in [5, 5.41) is 9.37. The van der Waals surface area contributed by atoms with Gasteiger partial charge >= 0.3 is 0 Å². The van der Waals surface area contributed by atoms with Crippen LogP contribution in [0.15, 0.2) is 18.2 Å². The Morgan fingerprint density at radius 3 is 2.65 bits per heavy atom. The molecule has 0 radical (unpaired) electrons. The molecule has 0 saturated heterocycles. The standard InChI is InChI=1S/C12H18N2O3/c1-3-14(4-2)11(16)8-17-10-7-5-6-9(15)12(10)13/h5-7,15H,3-4,8,13H2,1-2H3. The molecule has 17 heavy (non-hydrogen) atoms. The van der Waals surface area contributed by atoms with Crippen molar-refractivity contribution < 1.29 is 14.6 Å². The molecule has 0 unspecified atom stereocenters. The molecule has 94 valence electrons. The summed E-state index contributed by atoms with van der Waals surface area (Å²) in [6.45, 7) is 5.03. The van der Waals surface area contributed by atoms with E-state index in [1.54, 1.807) is 17.0 Å². The van der Waals surface area contributed by atoms with Crippen LogP contribution in [-0.2, 0) is 4.79 Å². The highest BCUT2D eigenvalue weighted by molar-refractivity contribution is 5.78. The summed E-state index contributed by atoms with van der Waals surface area (Å²) in [6, 6.07) is 4.70. The maximum Gasteiger partial charge on any atom is 0.260 e. The Morgan fingerprint density at radius 1 is 1.41 bits per heavy atom. The van der Waals surface area contributed by atoms with Crippen molar-refractivity contribution in [3.8, 4) is 11.5 Å². The summed E-state index contributed by atoms with van der Waals surface area (Å²) < 4.78 is 5.29. The molecule has 0 aliphatic rings. The van der Waals surface area contributed by atoms with Crippen LogP contribution in [0.5, 0.6) is 11.5 Å². The van der Waals surface area contributed by atoms with Crippen molar-refractivity contribution in [3.05, 3.63) is 18.2 Å². The number of hydrogen-bond acceptors (Lipinski definition) is 4. The maximum absolute atomic E-state index is 11.7. The predicted molar refractivity (Wildman–Crippen MR) is 65.9 cm³/mol. The van der Waals surface area contributed by atoms with Crippen LogP contribution in [0, 0.1) is 0 Å². The number of phenols is 1. The predicted octanol–water partition coefficient (Wildman–Crippen LogP) is 1.22. The van der Waals surface area contributed by atoms with Gasteiger partial charge in [0, 0.05) is 13.1 Å². The number of likely N-dealkylation sites (N-methyl/N-ethyl adjacent to an activating group) is 1. The molecule has 1 aromatic rings. The van der Waals surface area contributed by atoms with Crippen LogP contribution in [0.1, 0.15) is 13.8 Å². The van der Waals surface area contributed by atoms with Crippen LogP contribution in [-0.4, -0.2) is 35.6 Å². The van der Waals surface area contributed by atoms with Crippen molar-refractivity contribution >= 4 is 11.6 Å². The average molecular weight is 238 g/mol. The number of carbonyl (C=O) groups excluding carboxylic acids is 1. The van der Waals surface area contributed by atoms with Crippen molar-refractivity contribution in [2.75, 3.05) is 25.4 Å². The second-order valence-electron chi connectivity index (χ2n) is 3.54. The van der Waals surface area contributed by atoms with Gasteiger partial charge in [-0.3, -0.25) is 4.79 Å². The van der Waals surface area contributed by atoms with E-state index in [0.29, 0.717) is 18.8 Å². The third kappa shape index (κ3) is 3.27. The Kier molecular flexibility index (Phi) is 4.63. The van der Waals surface area contributed by atoms with Crippen molar-refractivity contribution in [3.63, 3.8) is 0 Å². The molecule has 0 aromatic heterocycles. The van der Waals surface area contributed by atoms with Crippen LogP contribution < -0.4 is 10.5 Å². The maximum atomic E-state index is 11.7. The lowest BCUT2D eigenvalue weighted by molar-refractivity contribution is -0.132. The zero-order valence-electron chi connectivity index (χ0n) is 10.1. The number of nitrogens with two attached hydrogens (primary N) is 1. The fourth-order valence-corrected chi connectivity index (χ4v) is 1.47. The topological polar surface area (TPSA) is 75.8 Å². The van der Waals surface area contributed by atoms with Gasteiger partial charge in [-0.15, -0.1) is 0 Å². The molecule has 1 amide bonds. The second kappa shape index (κ2) is 5.98. The lowest BCUT2D eigenvalue weighted by atomic mass is 10.3. The highest BCUT2D eigenvalue weighted by Gasteiger charge is 2.11. The van der Waals surface area contributed by atoms with E-state index in [-0.39, 0.29) is 24.0 Å². The number of rotatable bonds is 5. The minimum Gasteiger partial charge on any atom is -0.506 e. The van der Waals surface area contributed by atoms with Crippen LogP contribution in [0.4, 0.5) is 5.69 Å². The van der Waals surface area contributed by atoms with Gasteiger partial charge in [-0.2, -0.15) is 0 Å².